The van der Waals surface area contributed by atoms with Gasteiger partial charge in [-0.3, -0.25) is 14.9 Å². The quantitative estimate of drug-likeness (QED) is 0.494. The second kappa shape index (κ2) is 9.23. The fraction of sp³-hybridized carbons (Fsp3) is 0.350. The van der Waals surface area contributed by atoms with Gasteiger partial charge in [-0.15, -0.1) is 11.3 Å². The lowest BCUT2D eigenvalue weighted by Crippen LogP contribution is -2.34. The number of methoxy groups -OCH3 is 2. The van der Waals surface area contributed by atoms with Gasteiger partial charge >= 0.3 is 0 Å². The summed E-state index contributed by atoms with van der Waals surface area (Å²) >= 11 is 6.77. The topological polar surface area (TPSA) is 103 Å². The molecular formula is C20H23N3O4S2. The number of carbonyl (C=O) groups excluding carboxylic acids is 2. The first-order valence-corrected chi connectivity index (χ1v) is 10.4. The summed E-state index contributed by atoms with van der Waals surface area (Å²) in [6.45, 7) is 0. The van der Waals surface area contributed by atoms with E-state index in [1.165, 1.54) is 25.6 Å². The number of thiocarbonyl (C=S) groups is 1. The zero-order chi connectivity index (χ0) is 21.0. The van der Waals surface area contributed by atoms with Crippen molar-refractivity contribution in [3.05, 3.63) is 39.8 Å². The molecule has 2 amide bonds. The van der Waals surface area contributed by atoms with Crippen molar-refractivity contribution >= 4 is 45.5 Å². The predicted octanol–water partition coefficient (Wildman–Crippen LogP) is 3.26. The van der Waals surface area contributed by atoms with Crippen LogP contribution in [0.4, 0.5) is 5.00 Å². The molecule has 1 heterocycles. The minimum atomic E-state index is -0.487. The highest BCUT2D eigenvalue weighted by molar-refractivity contribution is 7.80. The molecule has 0 fully saturated rings. The monoisotopic (exact) mass is 433 g/mol. The summed E-state index contributed by atoms with van der Waals surface area (Å²) in [5.41, 5.74) is 7.46. The third-order valence-electron chi connectivity index (χ3n) is 4.74. The van der Waals surface area contributed by atoms with Crippen molar-refractivity contribution in [3.63, 3.8) is 0 Å². The van der Waals surface area contributed by atoms with E-state index in [2.05, 4.69) is 10.6 Å². The Morgan fingerprint density at radius 1 is 1.07 bits per heavy atom. The van der Waals surface area contributed by atoms with Crippen LogP contribution in [0, 0.1) is 0 Å². The molecule has 1 aromatic heterocycles. The summed E-state index contributed by atoms with van der Waals surface area (Å²) in [7, 11) is 3.02. The Hall–Kier alpha value is -2.65. The maximum Gasteiger partial charge on any atom is 0.257 e. The van der Waals surface area contributed by atoms with Crippen LogP contribution in [0.1, 0.15) is 50.4 Å². The first-order chi connectivity index (χ1) is 13.9. The number of fused-ring (bicyclic) bond motifs is 1. The summed E-state index contributed by atoms with van der Waals surface area (Å²) in [4.78, 5) is 25.8. The molecule has 1 aliphatic carbocycles. The van der Waals surface area contributed by atoms with Crippen molar-refractivity contribution in [1.82, 2.24) is 5.32 Å². The Labute approximate surface area is 178 Å². The van der Waals surface area contributed by atoms with Gasteiger partial charge in [-0.25, -0.2) is 0 Å². The van der Waals surface area contributed by atoms with Crippen molar-refractivity contribution in [2.45, 2.75) is 32.1 Å². The van der Waals surface area contributed by atoms with Gasteiger partial charge < -0.3 is 20.5 Å². The summed E-state index contributed by atoms with van der Waals surface area (Å²) in [5, 5.41) is 6.29. The summed E-state index contributed by atoms with van der Waals surface area (Å²) < 4.78 is 10.4. The Morgan fingerprint density at radius 2 is 1.72 bits per heavy atom. The van der Waals surface area contributed by atoms with Crippen molar-refractivity contribution < 1.29 is 19.1 Å². The molecule has 2 aromatic rings. The van der Waals surface area contributed by atoms with Gasteiger partial charge in [0.1, 0.15) is 16.5 Å². The molecule has 0 spiro atoms. The number of nitrogens with two attached hydrogens (primary N) is 1. The first-order valence-electron chi connectivity index (χ1n) is 9.22. The normalized spacial score (nSPS) is 13.0. The molecule has 0 aliphatic heterocycles. The molecule has 0 unspecified atom stereocenters. The number of nitrogens with one attached hydrogen (secondary N) is 2. The van der Waals surface area contributed by atoms with Gasteiger partial charge in [-0.2, -0.15) is 0 Å². The van der Waals surface area contributed by atoms with Crippen LogP contribution in [-0.2, 0) is 12.8 Å². The van der Waals surface area contributed by atoms with Crippen molar-refractivity contribution in [3.8, 4) is 11.5 Å². The maximum absolute atomic E-state index is 12.6. The Kier molecular flexibility index (Phi) is 6.71. The average molecular weight is 434 g/mol. The molecule has 29 heavy (non-hydrogen) atoms. The van der Waals surface area contributed by atoms with E-state index < -0.39 is 11.8 Å². The molecule has 9 heteroatoms. The summed E-state index contributed by atoms with van der Waals surface area (Å²) in [5.74, 6) is 0.0785. The number of aryl methyl sites for hydroxylation is 1. The molecule has 0 bridgehead atoms. The number of primary amides is 1. The van der Waals surface area contributed by atoms with Crippen molar-refractivity contribution in [2.75, 3.05) is 19.5 Å². The van der Waals surface area contributed by atoms with Crippen LogP contribution in [0.2, 0.25) is 0 Å². The van der Waals surface area contributed by atoms with Gasteiger partial charge in [-0.1, -0.05) is 6.42 Å². The van der Waals surface area contributed by atoms with Crippen LogP contribution < -0.4 is 25.8 Å². The average Bonchev–Trinajstić information content (AvgIpc) is 2.87. The molecule has 154 valence electrons. The second-order valence-electron chi connectivity index (χ2n) is 6.64. The first kappa shape index (κ1) is 21.1. The minimum Gasteiger partial charge on any atom is -0.497 e. The van der Waals surface area contributed by atoms with Gasteiger partial charge in [0.05, 0.1) is 19.8 Å². The van der Waals surface area contributed by atoms with E-state index in [4.69, 9.17) is 27.4 Å². The molecule has 0 atom stereocenters. The van der Waals surface area contributed by atoms with E-state index >= 15 is 0 Å². The number of hydrogen-bond acceptors (Lipinski definition) is 6. The summed E-state index contributed by atoms with van der Waals surface area (Å²) in [6, 6.07) is 4.84. The zero-order valence-corrected chi connectivity index (χ0v) is 17.9. The van der Waals surface area contributed by atoms with E-state index in [0.29, 0.717) is 27.6 Å². The molecule has 0 saturated heterocycles. The van der Waals surface area contributed by atoms with Crippen LogP contribution >= 0.6 is 23.6 Å². The Morgan fingerprint density at radius 3 is 2.34 bits per heavy atom. The number of rotatable bonds is 5. The SMILES string of the molecule is COc1cc(OC)cc(C(=O)NC(=S)Nc2sc3c(c2C(N)=O)CCCCC3)c1. The van der Waals surface area contributed by atoms with Crippen LogP contribution in [0.3, 0.4) is 0 Å². The highest BCUT2D eigenvalue weighted by Crippen LogP contribution is 2.37. The van der Waals surface area contributed by atoms with Gasteiger partial charge in [0.15, 0.2) is 5.11 Å². The zero-order valence-electron chi connectivity index (χ0n) is 16.3. The second-order valence-corrected chi connectivity index (χ2v) is 8.16. The number of benzene rings is 1. The Bertz CT molecular complexity index is 933. The number of carbonyl (C=O) groups is 2. The Balaban J connectivity index is 1.77. The molecule has 0 radical (unpaired) electrons. The van der Waals surface area contributed by atoms with Crippen LogP contribution in [-0.4, -0.2) is 31.1 Å². The summed E-state index contributed by atoms with van der Waals surface area (Å²) in [6.07, 6.45) is 5.01. The number of ether oxygens (including phenoxy) is 2. The van der Waals surface area contributed by atoms with Gasteiger partial charge in [-0.05, 0) is 55.6 Å². The van der Waals surface area contributed by atoms with Crippen LogP contribution in [0.25, 0.3) is 0 Å². The van der Waals surface area contributed by atoms with E-state index in [9.17, 15) is 9.59 Å². The van der Waals surface area contributed by atoms with Crippen LogP contribution in [0.15, 0.2) is 18.2 Å². The molecule has 0 saturated carbocycles. The number of thiophene rings is 1. The maximum atomic E-state index is 12.6. The molecule has 1 aromatic carbocycles. The van der Waals surface area contributed by atoms with E-state index in [1.54, 1.807) is 18.2 Å². The molecule has 7 nitrogen and oxygen atoms in total. The van der Waals surface area contributed by atoms with Gasteiger partial charge in [0, 0.05) is 16.5 Å². The third-order valence-corrected chi connectivity index (χ3v) is 6.15. The number of anilines is 1. The third kappa shape index (κ3) is 4.86. The molecular weight excluding hydrogens is 410 g/mol. The lowest BCUT2D eigenvalue weighted by molar-refractivity contribution is 0.0975. The van der Waals surface area contributed by atoms with Gasteiger partial charge in [0.2, 0.25) is 0 Å². The molecule has 4 N–H and O–H groups in total. The van der Waals surface area contributed by atoms with Crippen molar-refractivity contribution in [2.24, 2.45) is 5.73 Å². The number of amides is 2. The fourth-order valence-electron chi connectivity index (χ4n) is 3.34. The van der Waals surface area contributed by atoms with E-state index in [1.807, 2.05) is 0 Å². The fourth-order valence-corrected chi connectivity index (χ4v) is 4.90. The van der Waals surface area contributed by atoms with Crippen molar-refractivity contribution in [1.29, 1.82) is 0 Å². The lowest BCUT2D eigenvalue weighted by Gasteiger charge is -2.11. The number of hydrogen-bond donors (Lipinski definition) is 3. The largest absolute Gasteiger partial charge is 0.497 e. The van der Waals surface area contributed by atoms with Gasteiger partial charge in [0.25, 0.3) is 11.8 Å². The van der Waals surface area contributed by atoms with E-state index in [-0.39, 0.29) is 5.11 Å². The highest BCUT2D eigenvalue weighted by Gasteiger charge is 2.24. The smallest absolute Gasteiger partial charge is 0.257 e. The highest BCUT2D eigenvalue weighted by atomic mass is 32.1. The lowest BCUT2D eigenvalue weighted by atomic mass is 10.1. The van der Waals surface area contributed by atoms with E-state index in [0.717, 1.165) is 42.5 Å². The van der Waals surface area contributed by atoms with Crippen LogP contribution in [0.5, 0.6) is 11.5 Å². The minimum absolute atomic E-state index is 0.0932. The predicted molar refractivity (Wildman–Crippen MR) is 117 cm³/mol. The standard InChI is InChI=1S/C20H23N3O4S2/c1-26-12-8-11(9-13(10-12)27-2)18(25)22-20(28)23-19-16(17(21)24)14-6-4-3-5-7-15(14)29-19/h8-10H,3-7H2,1-2H3,(H2,21,24)(H2,22,23,25,28). The molecule has 3 rings (SSSR count). The molecule has 1 aliphatic rings.